The minimum Gasteiger partial charge on any atom is -0.382 e. The van der Waals surface area contributed by atoms with Crippen LogP contribution in [0.15, 0.2) is 33.6 Å². The predicted octanol–water partition coefficient (Wildman–Crippen LogP) is 1.82. The van der Waals surface area contributed by atoms with Gasteiger partial charge in [0.05, 0.1) is 10.6 Å². The number of anilines is 1. The van der Waals surface area contributed by atoms with Crippen LogP contribution in [0.3, 0.4) is 0 Å². The van der Waals surface area contributed by atoms with Gasteiger partial charge in [-0.15, -0.1) is 0 Å². The molecule has 0 atom stereocenters. The maximum absolute atomic E-state index is 11.7. The second kappa shape index (κ2) is 4.15. The molecule has 17 heavy (non-hydrogen) atoms. The Kier molecular flexibility index (Phi) is 2.96. The van der Waals surface area contributed by atoms with Crippen molar-refractivity contribution in [2.24, 2.45) is 0 Å². The first-order chi connectivity index (χ1) is 7.88. The van der Waals surface area contributed by atoms with E-state index in [9.17, 15) is 8.42 Å². The zero-order chi connectivity index (χ0) is 12.6. The lowest BCUT2D eigenvalue weighted by molar-refractivity contribution is 0.602. The van der Waals surface area contributed by atoms with Crippen molar-refractivity contribution in [1.29, 1.82) is 0 Å². The number of halogens is 1. The number of hydrogen-bond donors (Lipinski definition) is 2. The van der Waals surface area contributed by atoms with Gasteiger partial charge in [-0.3, -0.25) is 5.10 Å². The number of hydrogen-bond acceptors (Lipinski definition) is 4. The van der Waals surface area contributed by atoms with E-state index in [0.29, 0.717) is 17.1 Å². The predicted molar refractivity (Wildman–Crippen MR) is 69.2 cm³/mol. The average molecular weight is 316 g/mol. The quantitative estimate of drug-likeness (QED) is 0.884. The van der Waals surface area contributed by atoms with Gasteiger partial charge in [-0.1, -0.05) is 15.9 Å². The highest BCUT2D eigenvalue weighted by atomic mass is 79.9. The van der Waals surface area contributed by atoms with Gasteiger partial charge in [0.1, 0.15) is 5.82 Å². The highest BCUT2D eigenvalue weighted by molar-refractivity contribution is 9.10. The Hall–Kier alpha value is -1.34. The van der Waals surface area contributed by atoms with Crippen LogP contribution < -0.4 is 5.73 Å². The molecule has 2 aromatic rings. The van der Waals surface area contributed by atoms with E-state index in [1.165, 1.54) is 6.26 Å². The number of nitrogens with two attached hydrogens (primary N) is 1. The SMILES string of the molecule is CS(=O)(=O)c1ccc(Br)cc1-c1cc(N)n[nH]1. The maximum Gasteiger partial charge on any atom is 0.176 e. The van der Waals surface area contributed by atoms with Crippen LogP contribution in [-0.4, -0.2) is 24.9 Å². The molecule has 0 aliphatic carbocycles. The first kappa shape index (κ1) is 12.1. The molecule has 0 radical (unpaired) electrons. The molecular weight excluding hydrogens is 306 g/mol. The molecule has 0 saturated heterocycles. The summed E-state index contributed by atoms with van der Waals surface area (Å²) in [4.78, 5) is 0.240. The smallest absolute Gasteiger partial charge is 0.176 e. The van der Waals surface area contributed by atoms with Gasteiger partial charge < -0.3 is 5.73 Å². The third kappa shape index (κ3) is 2.50. The van der Waals surface area contributed by atoms with E-state index < -0.39 is 9.84 Å². The molecule has 0 bridgehead atoms. The summed E-state index contributed by atoms with van der Waals surface area (Å²) in [5.41, 5.74) is 6.63. The van der Waals surface area contributed by atoms with E-state index in [2.05, 4.69) is 26.1 Å². The number of nitrogens with one attached hydrogen (secondary N) is 1. The lowest BCUT2D eigenvalue weighted by Gasteiger charge is -2.06. The molecule has 1 aromatic carbocycles. The van der Waals surface area contributed by atoms with Gasteiger partial charge >= 0.3 is 0 Å². The van der Waals surface area contributed by atoms with Crippen LogP contribution in [0.4, 0.5) is 5.82 Å². The Morgan fingerprint density at radius 3 is 2.59 bits per heavy atom. The summed E-state index contributed by atoms with van der Waals surface area (Å²) < 4.78 is 24.1. The van der Waals surface area contributed by atoms with Crippen LogP contribution in [-0.2, 0) is 9.84 Å². The fraction of sp³-hybridized carbons (Fsp3) is 0.100. The van der Waals surface area contributed by atoms with E-state index >= 15 is 0 Å². The first-order valence-electron chi connectivity index (χ1n) is 4.69. The van der Waals surface area contributed by atoms with Crippen LogP contribution >= 0.6 is 15.9 Å². The Bertz CT molecular complexity index is 664. The van der Waals surface area contributed by atoms with E-state index in [0.717, 1.165) is 4.47 Å². The van der Waals surface area contributed by atoms with Crippen LogP contribution in [0.25, 0.3) is 11.3 Å². The van der Waals surface area contributed by atoms with E-state index in [-0.39, 0.29) is 4.90 Å². The van der Waals surface area contributed by atoms with Crippen molar-refractivity contribution in [2.45, 2.75) is 4.90 Å². The summed E-state index contributed by atoms with van der Waals surface area (Å²) in [5.74, 6) is 0.319. The number of nitrogen functional groups attached to an aromatic ring is 1. The van der Waals surface area contributed by atoms with Crippen molar-refractivity contribution in [2.75, 3.05) is 12.0 Å². The molecule has 0 aliphatic rings. The van der Waals surface area contributed by atoms with Gasteiger partial charge in [0.2, 0.25) is 0 Å². The average Bonchev–Trinajstić information content (AvgIpc) is 2.62. The van der Waals surface area contributed by atoms with Crippen molar-refractivity contribution in [1.82, 2.24) is 10.2 Å². The highest BCUT2D eigenvalue weighted by Crippen LogP contribution is 2.29. The summed E-state index contributed by atoms with van der Waals surface area (Å²) in [5, 5.41) is 6.49. The van der Waals surface area contributed by atoms with Crippen molar-refractivity contribution >= 4 is 31.6 Å². The van der Waals surface area contributed by atoms with E-state index in [4.69, 9.17) is 5.73 Å². The molecule has 0 amide bonds. The topological polar surface area (TPSA) is 88.8 Å². The van der Waals surface area contributed by atoms with E-state index in [1.54, 1.807) is 24.3 Å². The zero-order valence-electron chi connectivity index (χ0n) is 8.94. The highest BCUT2D eigenvalue weighted by Gasteiger charge is 2.16. The van der Waals surface area contributed by atoms with Crippen molar-refractivity contribution < 1.29 is 8.42 Å². The van der Waals surface area contributed by atoms with Crippen LogP contribution in [0, 0.1) is 0 Å². The van der Waals surface area contributed by atoms with Crippen molar-refractivity contribution in [3.8, 4) is 11.3 Å². The zero-order valence-corrected chi connectivity index (χ0v) is 11.3. The van der Waals surface area contributed by atoms with Gasteiger partial charge in [-0.05, 0) is 18.2 Å². The number of H-pyrrole nitrogens is 1. The van der Waals surface area contributed by atoms with E-state index in [1.807, 2.05) is 0 Å². The van der Waals surface area contributed by atoms with Gasteiger partial charge in [0.15, 0.2) is 9.84 Å². The van der Waals surface area contributed by atoms with Gasteiger partial charge in [0.25, 0.3) is 0 Å². The van der Waals surface area contributed by atoms with Crippen molar-refractivity contribution in [3.05, 3.63) is 28.7 Å². The molecule has 1 aromatic heterocycles. The Balaban J connectivity index is 2.71. The summed E-state index contributed by atoms with van der Waals surface area (Å²) in [6, 6.07) is 6.53. The normalized spacial score (nSPS) is 11.6. The number of aromatic amines is 1. The van der Waals surface area contributed by atoms with Crippen LogP contribution in [0.2, 0.25) is 0 Å². The van der Waals surface area contributed by atoms with Gasteiger partial charge in [-0.2, -0.15) is 5.10 Å². The third-order valence-electron chi connectivity index (χ3n) is 2.23. The molecular formula is C10H10BrN3O2S. The second-order valence-electron chi connectivity index (χ2n) is 3.62. The minimum atomic E-state index is -3.30. The summed E-state index contributed by atoms with van der Waals surface area (Å²) in [6.45, 7) is 0. The maximum atomic E-state index is 11.7. The number of aromatic nitrogens is 2. The molecule has 3 N–H and O–H groups in total. The van der Waals surface area contributed by atoms with Gasteiger partial charge in [0, 0.05) is 22.4 Å². The summed E-state index contributed by atoms with van der Waals surface area (Å²) >= 11 is 3.31. The number of nitrogens with zero attached hydrogens (tertiary/aromatic N) is 1. The third-order valence-corrected chi connectivity index (χ3v) is 3.88. The monoisotopic (exact) mass is 315 g/mol. The first-order valence-corrected chi connectivity index (χ1v) is 7.37. The second-order valence-corrected chi connectivity index (χ2v) is 6.52. The van der Waals surface area contributed by atoms with Crippen molar-refractivity contribution in [3.63, 3.8) is 0 Å². The largest absolute Gasteiger partial charge is 0.382 e. The Labute approximate surface area is 107 Å². The molecule has 7 heteroatoms. The molecule has 5 nitrogen and oxygen atoms in total. The number of benzene rings is 1. The lowest BCUT2D eigenvalue weighted by Crippen LogP contribution is -2.00. The minimum absolute atomic E-state index is 0.240. The molecule has 0 fully saturated rings. The molecule has 1 heterocycles. The molecule has 0 unspecified atom stereocenters. The fourth-order valence-corrected chi connectivity index (χ4v) is 2.76. The Morgan fingerprint density at radius 2 is 2.06 bits per heavy atom. The summed E-state index contributed by atoms with van der Waals surface area (Å²) in [6.07, 6.45) is 1.17. The lowest BCUT2D eigenvalue weighted by atomic mass is 10.1. The van der Waals surface area contributed by atoms with Gasteiger partial charge in [-0.25, -0.2) is 8.42 Å². The molecule has 90 valence electrons. The fourth-order valence-electron chi connectivity index (χ4n) is 1.51. The van der Waals surface area contributed by atoms with Crippen LogP contribution in [0.1, 0.15) is 0 Å². The Morgan fingerprint density at radius 1 is 1.35 bits per heavy atom. The van der Waals surface area contributed by atoms with Crippen LogP contribution in [0.5, 0.6) is 0 Å². The number of rotatable bonds is 2. The molecule has 0 saturated carbocycles. The standard InChI is InChI=1S/C10H10BrN3O2S/c1-17(15,16)9-3-2-6(11)4-7(9)8-5-10(12)14-13-8/h2-5H,1H3,(H3,12,13,14). The summed E-state index contributed by atoms with van der Waals surface area (Å²) in [7, 11) is -3.30. The molecule has 0 spiro atoms. The molecule has 0 aliphatic heterocycles. The number of sulfone groups is 1. The molecule has 2 rings (SSSR count).